The molecule has 4 nitrogen and oxygen atoms in total. The Hall–Kier alpha value is -2.17. The molecule has 0 aliphatic carbocycles. The van der Waals surface area contributed by atoms with Crippen LogP contribution in [0.5, 0.6) is 0 Å². The molecular formula is C16H18FNO3. The molecule has 5 heteroatoms. The zero-order valence-corrected chi connectivity index (χ0v) is 11.7. The van der Waals surface area contributed by atoms with Crippen LogP contribution in [0.15, 0.2) is 30.3 Å². The topological polar surface area (TPSA) is 57.6 Å². The lowest BCUT2D eigenvalue weighted by molar-refractivity contribution is -0.145. The minimum atomic E-state index is -0.845. The van der Waals surface area contributed by atoms with Crippen LogP contribution in [0.2, 0.25) is 0 Å². The lowest BCUT2D eigenvalue weighted by atomic mass is 9.98. The number of nitrogens with zero attached hydrogens (tertiary/aromatic N) is 1. The largest absolute Gasteiger partial charge is 0.481 e. The molecule has 1 aliphatic heterocycles. The van der Waals surface area contributed by atoms with E-state index in [4.69, 9.17) is 5.11 Å². The molecule has 1 amide bonds. The summed E-state index contributed by atoms with van der Waals surface area (Å²) in [5.41, 5.74) is 0.699. The third-order valence-corrected chi connectivity index (χ3v) is 3.57. The molecule has 2 rings (SSSR count). The first-order valence-electron chi connectivity index (χ1n) is 6.99. The summed E-state index contributed by atoms with van der Waals surface area (Å²) >= 11 is 0. The van der Waals surface area contributed by atoms with Crippen molar-refractivity contribution in [1.29, 1.82) is 0 Å². The van der Waals surface area contributed by atoms with Gasteiger partial charge in [-0.25, -0.2) is 4.39 Å². The van der Waals surface area contributed by atoms with Crippen LogP contribution in [0.3, 0.4) is 0 Å². The first kappa shape index (κ1) is 15.2. The van der Waals surface area contributed by atoms with Gasteiger partial charge in [-0.05, 0) is 30.5 Å². The lowest BCUT2D eigenvalue weighted by Gasteiger charge is -2.30. The zero-order valence-electron chi connectivity index (χ0n) is 11.7. The Bertz CT molecular complexity index is 556. The van der Waals surface area contributed by atoms with Gasteiger partial charge in [0.15, 0.2) is 0 Å². The number of hydrogen-bond donors (Lipinski definition) is 1. The van der Waals surface area contributed by atoms with Crippen LogP contribution in [0.25, 0.3) is 6.08 Å². The highest BCUT2D eigenvalue weighted by Gasteiger charge is 2.27. The van der Waals surface area contributed by atoms with Crippen LogP contribution in [0.4, 0.5) is 4.39 Å². The Morgan fingerprint density at radius 2 is 2.24 bits per heavy atom. The van der Waals surface area contributed by atoms with Crippen LogP contribution in [-0.4, -0.2) is 35.0 Å². The number of likely N-dealkylation sites (tertiary alicyclic amines) is 1. The van der Waals surface area contributed by atoms with Gasteiger partial charge < -0.3 is 10.0 Å². The van der Waals surface area contributed by atoms with E-state index in [0.717, 1.165) is 6.42 Å². The van der Waals surface area contributed by atoms with E-state index in [0.29, 0.717) is 18.5 Å². The average Bonchev–Trinajstić information content (AvgIpc) is 2.47. The van der Waals surface area contributed by atoms with Crippen molar-refractivity contribution in [3.05, 3.63) is 41.7 Å². The highest BCUT2D eigenvalue weighted by atomic mass is 19.1. The fourth-order valence-electron chi connectivity index (χ4n) is 2.44. The summed E-state index contributed by atoms with van der Waals surface area (Å²) in [6.07, 6.45) is 4.92. The number of hydrogen-bond acceptors (Lipinski definition) is 2. The summed E-state index contributed by atoms with van der Waals surface area (Å²) < 4.78 is 13.0. The van der Waals surface area contributed by atoms with Crippen molar-refractivity contribution in [3.63, 3.8) is 0 Å². The van der Waals surface area contributed by atoms with E-state index >= 15 is 0 Å². The van der Waals surface area contributed by atoms with E-state index < -0.39 is 11.9 Å². The Labute approximate surface area is 122 Å². The van der Waals surface area contributed by atoms with Crippen molar-refractivity contribution in [2.45, 2.75) is 19.3 Å². The monoisotopic (exact) mass is 291 g/mol. The minimum Gasteiger partial charge on any atom is -0.481 e. The van der Waals surface area contributed by atoms with Gasteiger partial charge in [-0.1, -0.05) is 24.3 Å². The molecule has 0 bridgehead atoms. The van der Waals surface area contributed by atoms with Crippen molar-refractivity contribution in [2.75, 3.05) is 13.1 Å². The van der Waals surface area contributed by atoms with Crippen molar-refractivity contribution in [2.24, 2.45) is 5.92 Å². The third-order valence-electron chi connectivity index (χ3n) is 3.57. The van der Waals surface area contributed by atoms with Gasteiger partial charge in [0.1, 0.15) is 5.82 Å². The van der Waals surface area contributed by atoms with Gasteiger partial charge in [-0.3, -0.25) is 9.59 Å². The zero-order chi connectivity index (χ0) is 15.2. The number of carbonyl (C=O) groups excluding carboxylic acids is 1. The summed E-state index contributed by atoms with van der Waals surface area (Å²) in [5, 5.41) is 9.00. The molecule has 112 valence electrons. The van der Waals surface area contributed by atoms with Crippen LogP contribution >= 0.6 is 0 Å². The summed E-state index contributed by atoms with van der Waals surface area (Å²) in [6, 6.07) is 6.12. The van der Waals surface area contributed by atoms with Crippen molar-refractivity contribution in [3.8, 4) is 0 Å². The highest BCUT2D eigenvalue weighted by Crippen LogP contribution is 2.17. The number of amides is 1. The molecule has 1 fully saturated rings. The van der Waals surface area contributed by atoms with Gasteiger partial charge in [0.2, 0.25) is 5.91 Å². The molecule has 1 aromatic carbocycles. The second kappa shape index (κ2) is 7.02. The molecule has 1 aromatic rings. The van der Waals surface area contributed by atoms with Gasteiger partial charge in [0, 0.05) is 19.5 Å². The van der Waals surface area contributed by atoms with Crippen LogP contribution < -0.4 is 0 Å². The fraction of sp³-hybridized carbons (Fsp3) is 0.375. The molecule has 1 aliphatic rings. The normalized spacial score (nSPS) is 18.9. The number of benzene rings is 1. The molecule has 0 saturated carbocycles. The number of rotatable bonds is 4. The van der Waals surface area contributed by atoms with Gasteiger partial charge >= 0.3 is 5.97 Å². The Kier molecular flexibility index (Phi) is 5.09. The molecule has 1 atom stereocenters. The maximum absolute atomic E-state index is 13.0. The van der Waals surface area contributed by atoms with E-state index in [1.165, 1.54) is 12.1 Å². The molecular weight excluding hydrogens is 273 g/mol. The van der Waals surface area contributed by atoms with Crippen LogP contribution in [0, 0.1) is 11.7 Å². The molecule has 1 N–H and O–H groups in total. The molecule has 1 heterocycles. The summed E-state index contributed by atoms with van der Waals surface area (Å²) in [6.45, 7) is 0.887. The molecule has 0 spiro atoms. The Balaban J connectivity index is 1.88. The van der Waals surface area contributed by atoms with E-state index in [9.17, 15) is 14.0 Å². The van der Waals surface area contributed by atoms with Crippen LogP contribution in [0.1, 0.15) is 24.8 Å². The number of piperidine rings is 1. The number of carboxylic acids is 1. The lowest BCUT2D eigenvalue weighted by Crippen LogP contribution is -2.42. The van der Waals surface area contributed by atoms with Gasteiger partial charge in [0.05, 0.1) is 5.92 Å². The first-order valence-corrected chi connectivity index (χ1v) is 6.99. The van der Waals surface area contributed by atoms with E-state index in [2.05, 4.69) is 0 Å². The van der Waals surface area contributed by atoms with E-state index in [-0.39, 0.29) is 24.7 Å². The van der Waals surface area contributed by atoms with Gasteiger partial charge in [0.25, 0.3) is 0 Å². The predicted octanol–water partition coefficient (Wildman–Crippen LogP) is 2.55. The second-order valence-electron chi connectivity index (χ2n) is 5.18. The molecule has 1 saturated heterocycles. The molecule has 0 radical (unpaired) electrons. The number of carboxylic acid groups (broad SMARTS) is 1. The molecule has 21 heavy (non-hydrogen) atoms. The molecule has 0 aromatic heterocycles. The smallest absolute Gasteiger partial charge is 0.308 e. The average molecular weight is 291 g/mol. The standard InChI is InChI=1S/C16H18FNO3/c17-14-7-1-4-12(10-14)5-2-8-15(19)18-9-3-6-13(11-18)16(20)21/h1-2,4-5,7,10,13H,3,6,8-9,11H2,(H,20,21)/b5-2+. The fourth-order valence-corrected chi connectivity index (χ4v) is 2.44. The number of halogens is 1. The summed E-state index contributed by atoms with van der Waals surface area (Å²) in [5.74, 6) is -1.71. The van der Waals surface area contributed by atoms with Gasteiger partial charge in [-0.15, -0.1) is 0 Å². The summed E-state index contributed by atoms with van der Waals surface area (Å²) in [4.78, 5) is 24.6. The Morgan fingerprint density at radius 3 is 2.95 bits per heavy atom. The maximum Gasteiger partial charge on any atom is 0.308 e. The quantitative estimate of drug-likeness (QED) is 0.927. The maximum atomic E-state index is 13.0. The van der Waals surface area contributed by atoms with Crippen LogP contribution in [-0.2, 0) is 9.59 Å². The minimum absolute atomic E-state index is 0.0893. The first-order chi connectivity index (χ1) is 10.1. The number of aliphatic carboxylic acids is 1. The SMILES string of the molecule is O=C(O)C1CCCN(C(=O)C/C=C/c2cccc(F)c2)C1. The second-order valence-corrected chi connectivity index (χ2v) is 5.18. The van der Waals surface area contributed by atoms with Crippen molar-refractivity contribution < 1.29 is 19.1 Å². The van der Waals surface area contributed by atoms with E-state index in [1.54, 1.807) is 29.2 Å². The Morgan fingerprint density at radius 1 is 1.43 bits per heavy atom. The molecule has 1 unspecified atom stereocenters. The number of carbonyl (C=O) groups is 2. The highest BCUT2D eigenvalue weighted by molar-refractivity contribution is 5.80. The summed E-state index contributed by atoms with van der Waals surface area (Å²) in [7, 11) is 0. The van der Waals surface area contributed by atoms with Crippen molar-refractivity contribution in [1.82, 2.24) is 4.90 Å². The predicted molar refractivity (Wildman–Crippen MR) is 77.0 cm³/mol. The third kappa shape index (κ3) is 4.41. The van der Waals surface area contributed by atoms with E-state index in [1.807, 2.05) is 0 Å². The van der Waals surface area contributed by atoms with Gasteiger partial charge in [-0.2, -0.15) is 0 Å². The van der Waals surface area contributed by atoms with Crippen molar-refractivity contribution >= 4 is 18.0 Å².